The molecular weight excluding hydrogens is 429 g/mol. The average molecular weight is 445 g/mol. The minimum Gasteiger partial charge on any atom is -0.440 e. The summed E-state index contributed by atoms with van der Waals surface area (Å²) in [5.41, 5.74) is 7.94. The highest BCUT2D eigenvalue weighted by atomic mass is 35.5. The maximum absolute atomic E-state index is 14.8. The van der Waals surface area contributed by atoms with E-state index in [9.17, 15) is 14.0 Å². The quantitative estimate of drug-likeness (QED) is 0.567. The molecule has 0 spiro atoms. The van der Waals surface area contributed by atoms with Gasteiger partial charge in [-0.2, -0.15) is 5.26 Å². The second kappa shape index (κ2) is 8.14. The van der Waals surface area contributed by atoms with Gasteiger partial charge in [0.1, 0.15) is 29.0 Å². The lowest BCUT2D eigenvalue weighted by Gasteiger charge is -2.33. The van der Waals surface area contributed by atoms with Gasteiger partial charge in [-0.1, -0.05) is 35.3 Å². The monoisotopic (exact) mass is 444 g/mol. The number of nitrogens with zero attached hydrogens (tertiary/aromatic N) is 1. The predicted molar refractivity (Wildman–Crippen MR) is 112 cm³/mol. The lowest BCUT2D eigenvalue weighted by atomic mass is 9.76. The molecule has 2 aromatic carbocycles. The van der Waals surface area contributed by atoms with Crippen molar-refractivity contribution in [2.45, 2.75) is 25.2 Å². The van der Waals surface area contributed by atoms with Gasteiger partial charge in [0.2, 0.25) is 5.88 Å². The molecule has 2 N–H and O–H groups in total. The molecule has 2 aliphatic rings. The van der Waals surface area contributed by atoms with E-state index in [0.717, 1.165) is 0 Å². The number of benzene rings is 2. The fraction of sp³-hybridized carbons (Fsp3) is 0.174. The van der Waals surface area contributed by atoms with Crippen LogP contribution in [0.5, 0.6) is 0 Å². The zero-order valence-corrected chi connectivity index (χ0v) is 17.2. The molecule has 0 fully saturated rings. The Bertz CT molecular complexity index is 1140. The second-order valence-electron chi connectivity index (χ2n) is 7.07. The molecule has 0 saturated heterocycles. The third-order valence-corrected chi connectivity index (χ3v) is 5.98. The fourth-order valence-corrected chi connectivity index (χ4v) is 4.47. The average Bonchev–Trinajstić information content (AvgIpc) is 2.71. The van der Waals surface area contributed by atoms with Crippen molar-refractivity contribution in [2.75, 3.05) is 0 Å². The van der Waals surface area contributed by atoms with E-state index in [2.05, 4.69) is 0 Å². The first-order valence-corrected chi connectivity index (χ1v) is 10.1. The Kier molecular flexibility index (Phi) is 5.55. The van der Waals surface area contributed by atoms with Gasteiger partial charge in [0.05, 0.1) is 10.9 Å². The van der Waals surface area contributed by atoms with Gasteiger partial charge >= 0.3 is 0 Å². The molecular formula is C23H16Cl2F2N2O. The van der Waals surface area contributed by atoms with Crippen LogP contribution in [0.15, 0.2) is 64.8 Å². The van der Waals surface area contributed by atoms with E-state index in [0.29, 0.717) is 36.2 Å². The van der Waals surface area contributed by atoms with Crippen LogP contribution in [0.1, 0.15) is 36.3 Å². The normalized spacial score (nSPS) is 20.1. The Labute approximate surface area is 182 Å². The van der Waals surface area contributed by atoms with Crippen LogP contribution in [0.4, 0.5) is 8.78 Å². The number of ether oxygens (including phenoxy) is 1. The number of nitrogens with two attached hydrogens (primary N) is 1. The Morgan fingerprint density at radius 3 is 2.43 bits per heavy atom. The van der Waals surface area contributed by atoms with E-state index in [-0.39, 0.29) is 32.6 Å². The molecule has 7 heteroatoms. The molecule has 0 unspecified atom stereocenters. The van der Waals surface area contributed by atoms with Crippen molar-refractivity contribution >= 4 is 29.3 Å². The molecule has 0 amide bonds. The lowest BCUT2D eigenvalue weighted by molar-refractivity contribution is 0.276. The molecule has 0 aromatic heterocycles. The predicted octanol–water partition coefficient (Wildman–Crippen LogP) is 6.60. The van der Waals surface area contributed by atoms with Gasteiger partial charge in [0.25, 0.3) is 0 Å². The van der Waals surface area contributed by atoms with Crippen molar-refractivity contribution in [1.29, 1.82) is 5.26 Å². The first-order valence-electron chi connectivity index (χ1n) is 9.31. The molecule has 1 heterocycles. The number of rotatable bonds is 2. The summed E-state index contributed by atoms with van der Waals surface area (Å²) in [5, 5.41) is 10.2. The van der Waals surface area contributed by atoms with Gasteiger partial charge in [-0.05, 0) is 60.8 Å². The van der Waals surface area contributed by atoms with Crippen molar-refractivity contribution < 1.29 is 13.5 Å². The van der Waals surface area contributed by atoms with E-state index in [4.69, 9.17) is 33.7 Å². The third kappa shape index (κ3) is 3.47. The minimum atomic E-state index is -0.771. The van der Waals surface area contributed by atoms with Crippen molar-refractivity contribution in [3.63, 3.8) is 0 Å². The number of hydrogen-bond donors (Lipinski definition) is 1. The summed E-state index contributed by atoms with van der Waals surface area (Å²) in [7, 11) is 0. The van der Waals surface area contributed by atoms with E-state index in [1.807, 2.05) is 6.07 Å². The molecule has 1 aliphatic carbocycles. The van der Waals surface area contributed by atoms with Crippen LogP contribution in [0.2, 0.25) is 10.0 Å². The Hall–Kier alpha value is -2.81. The molecule has 4 rings (SSSR count). The van der Waals surface area contributed by atoms with Crippen LogP contribution >= 0.6 is 23.2 Å². The van der Waals surface area contributed by atoms with E-state index < -0.39 is 17.6 Å². The van der Waals surface area contributed by atoms with Crippen LogP contribution in [-0.2, 0) is 4.74 Å². The molecule has 0 saturated carbocycles. The summed E-state index contributed by atoms with van der Waals surface area (Å²) in [6, 6.07) is 10.9. The van der Waals surface area contributed by atoms with Crippen molar-refractivity contribution in [3.8, 4) is 6.07 Å². The van der Waals surface area contributed by atoms with Gasteiger partial charge in [0.15, 0.2) is 0 Å². The highest BCUT2D eigenvalue weighted by Gasteiger charge is 2.38. The summed E-state index contributed by atoms with van der Waals surface area (Å²) in [5.74, 6) is -1.47. The molecule has 152 valence electrons. The molecule has 1 aliphatic heterocycles. The van der Waals surface area contributed by atoms with Crippen LogP contribution in [0.3, 0.4) is 0 Å². The largest absolute Gasteiger partial charge is 0.440 e. The molecule has 2 aromatic rings. The molecule has 30 heavy (non-hydrogen) atoms. The van der Waals surface area contributed by atoms with E-state index >= 15 is 0 Å². The highest BCUT2D eigenvalue weighted by molar-refractivity contribution is 6.32. The van der Waals surface area contributed by atoms with Crippen LogP contribution in [-0.4, -0.2) is 0 Å². The van der Waals surface area contributed by atoms with Crippen molar-refractivity contribution in [1.82, 2.24) is 0 Å². The Balaban J connectivity index is 1.92. The maximum atomic E-state index is 14.8. The van der Waals surface area contributed by atoms with Gasteiger partial charge in [0, 0.05) is 16.1 Å². The van der Waals surface area contributed by atoms with Gasteiger partial charge in [-0.25, -0.2) is 8.78 Å². The van der Waals surface area contributed by atoms with Gasteiger partial charge in [-0.3, -0.25) is 0 Å². The number of halogens is 4. The molecule has 0 bridgehead atoms. The first kappa shape index (κ1) is 20.5. The molecule has 3 nitrogen and oxygen atoms in total. The number of hydrogen-bond acceptors (Lipinski definition) is 3. The zero-order valence-electron chi connectivity index (χ0n) is 15.7. The molecule has 1 atom stereocenters. The lowest BCUT2D eigenvalue weighted by Crippen LogP contribution is -2.24. The van der Waals surface area contributed by atoms with Crippen LogP contribution < -0.4 is 5.73 Å². The molecule has 0 radical (unpaired) electrons. The third-order valence-electron chi connectivity index (χ3n) is 5.32. The fourth-order valence-electron chi connectivity index (χ4n) is 3.98. The van der Waals surface area contributed by atoms with E-state index in [1.54, 1.807) is 18.2 Å². The van der Waals surface area contributed by atoms with Crippen LogP contribution in [0, 0.1) is 23.0 Å². The minimum absolute atomic E-state index is 0.103. The van der Waals surface area contributed by atoms with Gasteiger partial charge in [-0.15, -0.1) is 0 Å². The number of allylic oxidation sites excluding steroid dienone is 3. The summed E-state index contributed by atoms with van der Waals surface area (Å²) < 4.78 is 34.9. The summed E-state index contributed by atoms with van der Waals surface area (Å²) in [4.78, 5) is 0. The topological polar surface area (TPSA) is 59.0 Å². The van der Waals surface area contributed by atoms with Crippen molar-refractivity contribution in [3.05, 3.63) is 97.6 Å². The Morgan fingerprint density at radius 1 is 1.07 bits per heavy atom. The SMILES string of the molecule is N#CC1=C(N)OC2=C(CCC/C2=C\c2c(F)cccc2Cl)[C@H]1c1c(F)cccc1Cl. The van der Waals surface area contributed by atoms with Crippen molar-refractivity contribution in [2.24, 2.45) is 5.73 Å². The maximum Gasteiger partial charge on any atom is 0.205 e. The van der Waals surface area contributed by atoms with Crippen LogP contribution in [0.25, 0.3) is 6.08 Å². The first-order chi connectivity index (χ1) is 14.4. The smallest absolute Gasteiger partial charge is 0.205 e. The summed E-state index contributed by atoms with van der Waals surface area (Å²) in [6.07, 6.45) is 3.49. The second-order valence-corrected chi connectivity index (χ2v) is 7.89. The van der Waals surface area contributed by atoms with E-state index in [1.165, 1.54) is 24.3 Å². The highest BCUT2D eigenvalue weighted by Crippen LogP contribution is 2.49. The number of nitriles is 1. The Morgan fingerprint density at radius 2 is 1.77 bits per heavy atom. The summed E-state index contributed by atoms with van der Waals surface area (Å²) >= 11 is 12.5. The standard InChI is InChI=1S/C23H16Cl2F2N2O/c24-16-6-2-8-18(26)14(16)10-12-4-1-5-13-20(15(11-28)23(29)30-22(12)13)21-17(25)7-3-9-19(21)27/h2-3,6-10,20H,1,4-5,29H2/b12-10+/t20-/m1/s1. The van der Waals surface area contributed by atoms with Gasteiger partial charge < -0.3 is 10.5 Å². The summed E-state index contributed by atoms with van der Waals surface area (Å²) in [6.45, 7) is 0. The zero-order chi connectivity index (χ0) is 21.4.